The summed E-state index contributed by atoms with van der Waals surface area (Å²) >= 11 is 0. The Labute approximate surface area is 111 Å². The Balaban J connectivity index is 1.64. The third-order valence-electron chi connectivity index (χ3n) is 4.83. The van der Waals surface area contributed by atoms with E-state index in [2.05, 4.69) is 30.3 Å². The van der Waals surface area contributed by atoms with Crippen molar-refractivity contribution in [1.82, 2.24) is 5.32 Å². The second-order valence-corrected chi connectivity index (χ2v) is 6.00. The van der Waals surface area contributed by atoms with Gasteiger partial charge in [0.25, 0.3) is 0 Å². The lowest BCUT2D eigenvalue weighted by Crippen LogP contribution is -2.38. The molecule has 0 spiro atoms. The van der Waals surface area contributed by atoms with Crippen molar-refractivity contribution in [2.24, 2.45) is 5.92 Å². The monoisotopic (exact) mass is 242 g/mol. The van der Waals surface area contributed by atoms with E-state index in [0.717, 1.165) is 18.4 Å². The van der Waals surface area contributed by atoms with Crippen LogP contribution in [0.4, 0.5) is 0 Å². The SMILES string of the molecule is c1ccc([C@@H]2CC[N][C@H](C3CCCCC3)C2)cc1. The maximum Gasteiger partial charge on any atom is 0.0280 e. The van der Waals surface area contributed by atoms with Crippen molar-refractivity contribution < 1.29 is 0 Å². The molecular formula is C17H24N. The summed E-state index contributed by atoms with van der Waals surface area (Å²) in [5.74, 6) is 1.65. The molecule has 0 aromatic heterocycles. The first kappa shape index (κ1) is 12.2. The van der Waals surface area contributed by atoms with Gasteiger partial charge >= 0.3 is 0 Å². The van der Waals surface area contributed by atoms with E-state index in [-0.39, 0.29) is 0 Å². The van der Waals surface area contributed by atoms with Gasteiger partial charge in [0.05, 0.1) is 0 Å². The fraction of sp³-hybridized carbons (Fsp3) is 0.647. The lowest BCUT2D eigenvalue weighted by Gasteiger charge is -2.36. The Morgan fingerprint density at radius 1 is 0.889 bits per heavy atom. The quantitative estimate of drug-likeness (QED) is 0.741. The minimum Gasteiger partial charge on any atom is -0.238 e. The molecule has 2 atom stereocenters. The Morgan fingerprint density at radius 3 is 2.44 bits per heavy atom. The van der Waals surface area contributed by atoms with Crippen molar-refractivity contribution in [3.63, 3.8) is 0 Å². The minimum atomic E-state index is 0.657. The molecule has 0 N–H and O–H groups in total. The summed E-state index contributed by atoms with van der Waals surface area (Å²) in [5.41, 5.74) is 1.54. The van der Waals surface area contributed by atoms with Crippen LogP contribution in [0.3, 0.4) is 0 Å². The number of nitrogens with zero attached hydrogens (tertiary/aromatic N) is 1. The highest BCUT2D eigenvalue weighted by atomic mass is 14.9. The zero-order valence-electron chi connectivity index (χ0n) is 11.2. The lowest BCUT2D eigenvalue weighted by atomic mass is 9.76. The van der Waals surface area contributed by atoms with Gasteiger partial charge in [-0.25, -0.2) is 5.32 Å². The third kappa shape index (κ3) is 2.77. The second kappa shape index (κ2) is 5.88. The molecule has 0 amide bonds. The number of hydrogen-bond acceptors (Lipinski definition) is 0. The molecule has 1 heteroatoms. The molecule has 97 valence electrons. The van der Waals surface area contributed by atoms with Gasteiger partial charge in [-0.1, -0.05) is 49.6 Å². The second-order valence-electron chi connectivity index (χ2n) is 6.00. The maximum absolute atomic E-state index is 4.93. The van der Waals surface area contributed by atoms with Crippen LogP contribution < -0.4 is 5.32 Å². The summed E-state index contributed by atoms with van der Waals surface area (Å²) in [6, 6.07) is 11.7. The summed E-state index contributed by atoms with van der Waals surface area (Å²) in [6.45, 7) is 1.08. The molecule has 1 radical (unpaired) electrons. The van der Waals surface area contributed by atoms with Gasteiger partial charge < -0.3 is 0 Å². The molecule has 1 aromatic rings. The summed E-state index contributed by atoms with van der Waals surface area (Å²) in [7, 11) is 0. The van der Waals surface area contributed by atoms with Gasteiger partial charge in [-0.15, -0.1) is 0 Å². The van der Waals surface area contributed by atoms with Crippen LogP contribution in [0.2, 0.25) is 0 Å². The van der Waals surface area contributed by atoms with E-state index < -0.39 is 0 Å². The standard InChI is InChI=1S/C17H24N/c1-3-7-14(8-4-1)16-11-12-18-17(13-16)15-9-5-2-6-10-15/h1,3-4,7-8,15-17H,2,5-6,9-13H2/t16-,17+/m1/s1. The molecule has 0 bridgehead atoms. The van der Waals surface area contributed by atoms with Crippen molar-refractivity contribution in [3.8, 4) is 0 Å². The zero-order valence-corrected chi connectivity index (χ0v) is 11.2. The smallest absolute Gasteiger partial charge is 0.0280 e. The molecule has 1 nitrogen and oxygen atoms in total. The van der Waals surface area contributed by atoms with Crippen LogP contribution in [-0.2, 0) is 0 Å². The van der Waals surface area contributed by atoms with Crippen molar-refractivity contribution in [1.29, 1.82) is 0 Å². The van der Waals surface area contributed by atoms with Crippen LogP contribution in [0.5, 0.6) is 0 Å². The van der Waals surface area contributed by atoms with E-state index in [1.165, 1.54) is 50.5 Å². The number of benzene rings is 1. The van der Waals surface area contributed by atoms with Gasteiger partial charge in [-0.2, -0.15) is 0 Å². The van der Waals surface area contributed by atoms with Crippen LogP contribution in [0.15, 0.2) is 30.3 Å². The Bertz CT molecular complexity index is 353. The number of piperidine rings is 1. The Morgan fingerprint density at radius 2 is 1.67 bits per heavy atom. The molecule has 1 aliphatic heterocycles. The predicted molar refractivity (Wildman–Crippen MR) is 75.8 cm³/mol. The summed E-state index contributed by atoms with van der Waals surface area (Å²) in [4.78, 5) is 0. The van der Waals surface area contributed by atoms with Crippen LogP contribution >= 0.6 is 0 Å². The van der Waals surface area contributed by atoms with E-state index in [4.69, 9.17) is 5.32 Å². The molecule has 3 rings (SSSR count). The molecule has 1 saturated carbocycles. The molecule has 1 heterocycles. The third-order valence-corrected chi connectivity index (χ3v) is 4.83. The highest BCUT2D eigenvalue weighted by Gasteiger charge is 2.30. The molecular weight excluding hydrogens is 218 g/mol. The zero-order chi connectivity index (χ0) is 12.2. The largest absolute Gasteiger partial charge is 0.238 e. The molecule has 0 unspecified atom stereocenters. The maximum atomic E-state index is 4.93. The van der Waals surface area contributed by atoms with Crippen molar-refractivity contribution in [3.05, 3.63) is 35.9 Å². The predicted octanol–water partition coefficient (Wildman–Crippen LogP) is 4.12. The number of rotatable bonds is 2. The summed E-state index contributed by atoms with van der Waals surface area (Å²) in [6.07, 6.45) is 9.73. The van der Waals surface area contributed by atoms with Crippen LogP contribution in [-0.4, -0.2) is 12.6 Å². The van der Waals surface area contributed by atoms with Gasteiger partial charge in [0.1, 0.15) is 0 Å². The van der Waals surface area contributed by atoms with Crippen LogP contribution in [0.1, 0.15) is 56.4 Å². The van der Waals surface area contributed by atoms with Gasteiger partial charge in [0.15, 0.2) is 0 Å². The fourth-order valence-electron chi connectivity index (χ4n) is 3.77. The first-order valence-electron chi connectivity index (χ1n) is 7.65. The van der Waals surface area contributed by atoms with Gasteiger partial charge in [-0.3, -0.25) is 0 Å². The topological polar surface area (TPSA) is 14.1 Å². The Kier molecular flexibility index (Phi) is 3.99. The van der Waals surface area contributed by atoms with Crippen LogP contribution in [0.25, 0.3) is 0 Å². The van der Waals surface area contributed by atoms with Crippen molar-refractivity contribution in [2.45, 2.75) is 56.9 Å². The van der Waals surface area contributed by atoms with Crippen molar-refractivity contribution >= 4 is 0 Å². The summed E-state index contributed by atoms with van der Waals surface area (Å²) < 4.78 is 0. The molecule has 2 aliphatic rings. The van der Waals surface area contributed by atoms with E-state index in [1.807, 2.05) is 0 Å². The Hall–Kier alpha value is -0.820. The van der Waals surface area contributed by atoms with E-state index in [1.54, 1.807) is 0 Å². The van der Waals surface area contributed by atoms with Crippen LogP contribution in [0, 0.1) is 5.92 Å². The molecule has 1 aromatic carbocycles. The minimum absolute atomic E-state index is 0.657. The fourth-order valence-corrected chi connectivity index (χ4v) is 3.77. The summed E-state index contributed by atoms with van der Waals surface area (Å²) in [5, 5.41) is 4.93. The number of hydrogen-bond donors (Lipinski definition) is 0. The highest BCUT2D eigenvalue weighted by Crippen LogP contribution is 2.35. The molecule has 1 saturated heterocycles. The first-order valence-corrected chi connectivity index (χ1v) is 7.65. The van der Waals surface area contributed by atoms with Crippen molar-refractivity contribution in [2.75, 3.05) is 6.54 Å². The lowest BCUT2D eigenvalue weighted by molar-refractivity contribution is 0.217. The normalized spacial score (nSPS) is 30.2. The molecule has 2 fully saturated rings. The van der Waals surface area contributed by atoms with Gasteiger partial charge in [-0.05, 0) is 43.1 Å². The van der Waals surface area contributed by atoms with Gasteiger partial charge in [0.2, 0.25) is 0 Å². The first-order chi connectivity index (χ1) is 8.93. The van der Waals surface area contributed by atoms with E-state index in [0.29, 0.717) is 6.04 Å². The van der Waals surface area contributed by atoms with E-state index in [9.17, 15) is 0 Å². The van der Waals surface area contributed by atoms with E-state index >= 15 is 0 Å². The average molecular weight is 242 g/mol. The highest BCUT2D eigenvalue weighted by molar-refractivity contribution is 5.20. The van der Waals surface area contributed by atoms with Gasteiger partial charge in [0, 0.05) is 12.6 Å². The molecule has 1 aliphatic carbocycles. The average Bonchev–Trinajstić information content (AvgIpc) is 2.49. The molecule has 18 heavy (non-hydrogen) atoms.